The third-order valence-corrected chi connectivity index (χ3v) is 2.92. The molecule has 1 N–H and O–H groups in total. The van der Waals surface area contributed by atoms with Gasteiger partial charge in [-0.25, -0.2) is 0 Å². The van der Waals surface area contributed by atoms with Crippen molar-refractivity contribution >= 4 is 29.1 Å². The normalized spacial score (nSPS) is 18.0. The zero-order valence-corrected chi connectivity index (χ0v) is 11.3. The standard InChI is InChI=1S/C5H10IN.C5H10O2/c6-5-1-3-7-4-2-5;1-5(2,3)7-4-6/h5,7H,1-4H2;4H,1-3H3. The fourth-order valence-electron chi connectivity index (χ4n) is 0.931. The molecule has 0 radical (unpaired) electrons. The molecule has 1 rings (SSSR count). The summed E-state index contributed by atoms with van der Waals surface area (Å²) in [6, 6.07) is 0. The van der Waals surface area contributed by atoms with Gasteiger partial charge in [0.2, 0.25) is 0 Å². The molecule has 0 unspecified atom stereocenters. The molecule has 84 valence electrons. The van der Waals surface area contributed by atoms with Gasteiger partial charge in [0.1, 0.15) is 5.60 Å². The SMILES string of the molecule is CC(C)(C)OC=O.IC1CCNCC1. The molecule has 4 heteroatoms. The van der Waals surface area contributed by atoms with Gasteiger partial charge in [-0.15, -0.1) is 0 Å². The van der Waals surface area contributed by atoms with Crippen LogP contribution < -0.4 is 5.32 Å². The third-order valence-electron chi connectivity index (χ3n) is 1.67. The molecule has 0 aromatic carbocycles. The Morgan fingerprint density at radius 1 is 1.36 bits per heavy atom. The molecule has 0 saturated carbocycles. The smallest absolute Gasteiger partial charge is 0.293 e. The van der Waals surface area contributed by atoms with Crippen LogP contribution in [0.3, 0.4) is 0 Å². The lowest BCUT2D eigenvalue weighted by molar-refractivity contribution is -0.138. The molecule has 0 aromatic rings. The average molecular weight is 313 g/mol. The number of carbonyl (C=O) groups excluding carboxylic acids is 1. The molecule has 0 aliphatic carbocycles. The maximum absolute atomic E-state index is 9.60. The molecule has 14 heavy (non-hydrogen) atoms. The van der Waals surface area contributed by atoms with Crippen molar-refractivity contribution < 1.29 is 9.53 Å². The van der Waals surface area contributed by atoms with Gasteiger partial charge in [-0.3, -0.25) is 4.79 Å². The lowest BCUT2D eigenvalue weighted by Gasteiger charge is -2.15. The molecule has 1 aliphatic heterocycles. The molecule has 3 nitrogen and oxygen atoms in total. The summed E-state index contributed by atoms with van der Waals surface area (Å²) in [6.45, 7) is 8.38. The van der Waals surface area contributed by atoms with E-state index in [9.17, 15) is 4.79 Å². The minimum atomic E-state index is -0.318. The van der Waals surface area contributed by atoms with Crippen molar-refractivity contribution in [2.24, 2.45) is 0 Å². The number of halogens is 1. The van der Waals surface area contributed by atoms with Crippen LogP contribution in [0.25, 0.3) is 0 Å². The fraction of sp³-hybridized carbons (Fsp3) is 0.900. The molecular formula is C10H20INO2. The van der Waals surface area contributed by atoms with Crippen LogP contribution in [0.5, 0.6) is 0 Å². The maximum Gasteiger partial charge on any atom is 0.293 e. The number of hydrogen-bond donors (Lipinski definition) is 1. The van der Waals surface area contributed by atoms with Crippen molar-refractivity contribution in [3.63, 3.8) is 0 Å². The largest absolute Gasteiger partial charge is 0.462 e. The Hall–Kier alpha value is 0.160. The van der Waals surface area contributed by atoms with Gasteiger partial charge in [-0.2, -0.15) is 0 Å². The Morgan fingerprint density at radius 2 is 1.86 bits per heavy atom. The predicted octanol–water partition coefficient (Wildman–Crippen LogP) is 2.13. The van der Waals surface area contributed by atoms with Crippen LogP contribution in [0.2, 0.25) is 0 Å². The summed E-state index contributed by atoms with van der Waals surface area (Å²) in [4.78, 5) is 9.60. The van der Waals surface area contributed by atoms with Crippen molar-refractivity contribution in [1.29, 1.82) is 0 Å². The minimum absolute atomic E-state index is 0.318. The lowest BCUT2D eigenvalue weighted by Crippen LogP contribution is -2.27. The number of rotatable bonds is 1. The first-order valence-corrected chi connectivity index (χ1v) is 6.16. The van der Waals surface area contributed by atoms with Gasteiger partial charge < -0.3 is 10.1 Å². The molecule has 0 aromatic heterocycles. The van der Waals surface area contributed by atoms with E-state index in [1.165, 1.54) is 25.9 Å². The van der Waals surface area contributed by atoms with E-state index < -0.39 is 0 Å². The molecule has 0 atom stereocenters. The molecule has 0 bridgehead atoms. The topological polar surface area (TPSA) is 38.3 Å². The number of nitrogens with one attached hydrogen (secondary N) is 1. The second-order valence-electron chi connectivity index (χ2n) is 4.25. The highest BCUT2D eigenvalue weighted by atomic mass is 127. The summed E-state index contributed by atoms with van der Waals surface area (Å²) in [5, 5.41) is 3.31. The Morgan fingerprint density at radius 3 is 2.00 bits per heavy atom. The second-order valence-corrected chi connectivity index (χ2v) is 6.01. The van der Waals surface area contributed by atoms with Crippen molar-refractivity contribution in [3.05, 3.63) is 0 Å². The van der Waals surface area contributed by atoms with Gasteiger partial charge in [0.15, 0.2) is 0 Å². The lowest BCUT2D eigenvalue weighted by atomic mass is 10.2. The summed E-state index contributed by atoms with van der Waals surface area (Å²) in [6.07, 6.45) is 2.72. The van der Waals surface area contributed by atoms with Gasteiger partial charge in [0, 0.05) is 3.92 Å². The molecule has 1 fully saturated rings. The highest BCUT2D eigenvalue weighted by Crippen LogP contribution is 2.11. The number of ether oxygens (including phenoxy) is 1. The molecule has 0 spiro atoms. The molecule has 1 heterocycles. The summed E-state index contributed by atoms with van der Waals surface area (Å²) >= 11 is 2.52. The molecule has 1 saturated heterocycles. The monoisotopic (exact) mass is 313 g/mol. The van der Waals surface area contributed by atoms with E-state index in [4.69, 9.17) is 0 Å². The Kier molecular flexibility index (Phi) is 7.54. The van der Waals surface area contributed by atoms with E-state index >= 15 is 0 Å². The van der Waals surface area contributed by atoms with Crippen LogP contribution in [0.1, 0.15) is 33.6 Å². The van der Waals surface area contributed by atoms with Crippen molar-refractivity contribution in [2.45, 2.75) is 43.1 Å². The van der Waals surface area contributed by atoms with Crippen LogP contribution in [0.15, 0.2) is 0 Å². The van der Waals surface area contributed by atoms with E-state index in [0.717, 1.165) is 3.92 Å². The third kappa shape index (κ3) is 10.2. The predicted molar refractivity (Wildman–Crippen MR) is 66.8 cm³/mol. The Bertz CT molecular complexity index is 151. The summed E-state index contributed by atoms with van der Waals surface area (Å²) in [5.41, 5.74) is -0.318. The highest BCUT2D eigenvalue weighted by Gasteiger charge is 2.07. The van der Waals surface area contributed by atoms with E-state index in [2.05, 4.69) is 32.6 Å². The molecule has 1 aliphatic rings. The summed E-state index contributed by atoms with van der Waals surface area (Å²) in [5.74, 6) is 0. The zero-order valence-electron chi connectivity index (χ0n) is 9.18. The number of alkyl halides is 1. The van der Waals surface area contributed by atoms with Crippen molar-refractivity contribution in [3.8, 4) is 0 Å². The first-order valence-electron chi connectivity index (χ1n) is 4.92. The van der Waals surface area contributed by atoms with Gasteiger partial charge in [-0.05, 0) is 46.7 Å². The minimum Gasteiger partial charge on any atom is -0.462 e. The quantitative estimate of drug-likeness (QED) is 0.458. The van der Waals surface area contributed by atoms with Gasteiger partial charge in [0.05, 0.1) is 0 Å². The zero-order chi connectivity index (χ0) is 11.0. The van der Waals surface area contributed by atoms with Crippen molar-refractivity contribution in [2.75, 3.05) is 13.1 Å². The van der Waals surface area contributed by atoms with Crippen LogP contribution in [-0.4, -0.2) is 29.1 Å². The maximum atomic E-state index is 9.60. The summed E-state index contributed by atoms with van der Waals surface area (Å²) < 4.78 is 5.49. The van der Waals surface area contributed by atoms with Gasteiger partial charge in [-0.1, -0.05) is 22.6 Å². The van der Waals surface area contributed by atoms with Crippen LogP contribution in [0, 0.1) is 0 Å². The average Bonchev–Trinajstić information content (AvgIpc) is 2.04. The van der Waals surface area contributed by atoms with Crippen LogP contribution in [0.4, 0.5) is 0 Å². The fourth-order valence-corrected chi connectivity index (χ4v) is 1.55. The van der Waals surface area contributed by atoms with Crippen LogP contribution >= 0.6 is 22.6 Å². The second kappa shape index (κ2) is 7.45. The summed E-state index contributed by atoms with van der Waals surface area (Å²) in [7, 11) is 0. The number of piperidine rings is 1. The number of hydrogen-bond acceptors (Lipinski definition) is 3. The van der Waals surface area contributed by atoms with E-state index in [0.29, 0.717) is 6.47 Å². The number of carbonyl (C=O) groups is 1. The Balaban J connectivity index is 0.000000241. The van der Waals surface area contributed by atoms with E-state index in [1.54, 1.807) is 0 Å². The molecule has 0 amide bonds. The van der Waals surface area contributed by atoms with E-state index in [-0.39, 0.29) is 5.60 Å². The van der Waals surface area contributed by atoms with Gasteiger partial charge >= 0.3 is 0 Å². The Labute approximate surface area is 100 Å². The molecular weight excluding hydrogens is 293 g/mol. The first kappa shape index (κ1) is 14.2. The first-order chi connectivity index (χ1) is 6.45. The van der Waals surface area contributed by atoms with Crippen molar-refractivity contribution in [1.82, 2.24) is 5.32 Å². The van der Waals surface area contributed by atoms with E-state index in [1.807, 2.05) is 20.8 Å². The van der Waals surface area contributed by atoms with Gasteiger partial charge in [0.25, 0.3) is 6.47 Å². The highest BCUT2D eigenvalue weighted by molar-refractivity contribution is 14.1. The van der Waals surface area contributed by atoms with Crippen LogP contribution in [-0.2, 0) is 9.53 Å².